The third-order valence-electron chi connectivity index (χ3n) is 5.38. The van der Waals surface area contributed by atoms with Crippen LogP contribution in [0.1, 0.15) is 98.8 Å². The average Bonchev–Trinajstić information content (AvgIpc) is 2.44. The quantitative estimate of drug-likeness (QED) is 0.474. The summed E-state index contributed by atoms with van der Waals surface area (Å²) in [6, 6.07) is 0. The molecule has 0 bridgehead atoms. The Morgan fingerprint density at radius 3 is 1.50 bits per heavy atom. The molecule has 2 heteroatoms. The number of carbonyl (C=O) groups is 1. The number of unbranched alkanes of at least 4 members (excludes halogenated alkanes) is 2. The van der Waals surface area contributed by atoms with E-state index in [0.717, 1.165) is 64.2 Å². The molecule has 0 aliphatic carbocycles. The maximum atomic E-state index is 12.1. The Bertz CT molecular complexity index is 259. The second-order valence-electron chi connectivity index (χ2n) is 6.33. The van der Waals surface area contributed by atoms with E-state index in [4.69, 9.17) is 0 Å². The van der Waals surface area contributed by atoms with Crippen LogP contribution >= 0.6 is 0 Å². The van der Waals surface area contributed by atoms with Gasteiger partial charge in [-0.2, -0.15) is 0 Å². The fourth-order valence-corrected chi connectivity index (χ4v) is 4.13. The molecule has 0 amide bonds. The Morgan fingerprint density at radius 2 is 1.25 bits per heavy atom. The molecular formula is C18H36O2. The van der Waals surface area contributed by atoms with Gasteiger partial charge in [0.1, 0.15) is 0 Å². The summed E-state index contributed by atoms with van der Waals surface area (Å²) in [6.07, 6.45) is 10.4. The van der Waals surface area contributed by atoms with Gasteiger partial charge in [-0.05, 0) is 37.5 Å². The van der Waals surface area contributed by atoms with Crippen molar-refractivity contribution < 1.29 is 9.90 Å². The van der Waals surface area contributed by atoms with E-state index in [1.54, 1.807) is 0 Å². The van der Waals surface area contributed by atoms with Crippen LogP contribution in [0.15, 0.2) is 0 Å². The number of carboxylic acids is 1. The normalized spacial score (nSPS) is 12.7. The lowest BCUT2D eigenvalue weighted by Crippen LogP contribution is -2.47. The zero-order valence-electron chi connectivity index (χ0n) is 14.4. The minimum Gasteiger partial charge on any atom is -0.481 e. The van der Waals surface area contributed by atoms with E-state index in [1.165, 1.54) is 0 Å². The zero-order chi connectivity index (χ0) is 15.6. The summed E-state index contributed by atoms with van der Waals surface area (Å²) in [6.45, 7) is 10.7. The first-order chi connectivity index (χ1) is 9.50. The lowest BCUT2D eigenvalue weighted by atomic mass is 9.54. The van der Waals surface area contributed by atoms with Crippen molar-refractivity contribution in [2.75, 3.05) is 0 Å². The molecule has 0 saturated heterocycles. The number of rotatable bonds is 12. The molecule has 0 unspecified atom stereocenters. The third kappa shape index (κ3) is 3.99. The molecule has 0 aliphatic heterocycles. The molecule has 0 saturated carbocycles. The Kier molecular flexibility index (Phi) is 9.16. The highest BCUT2D eigenvalue weighted by atomic mass is 16.4. The number of aliphatic carboxylic acids is 1. The van der Waals surface area contributed by atoms with Gasteiger partial charge in [-0.1, -0.05) is 66.7 Å². The average molecular weight is 284 g/mol. The maximum Gasteiger partial charge on any atom is 0.310 e. The van der Waals surface area contributed by atoms with Crippen LogP contribution in [0.2, 0.25) is 0 Å². The summed E-state index contributed by atoms with van der Waals surface area (Å²) in [7, 11) is 0. The first-order valence-electron chi connectivity index (χ1n) is 8.73. The Morgan fingerprint density at radius 1 is 0.800 bits per heavy atom. The van der Waals surface area contributed by atoms with E-state index in [0.29, 0.717) is 0 Å². The van der Waals surface area contributed by atoms with E-state index < -0.39 is 11.4 Å². The third-order valence-corrected chi connectivity index (χ3v) is 5.38. The fraction of sp³-hybridized carbons (Fsp3) is 0.944. The van der Waals surface area contributed by atoms with Crippen molar-refractivity contribution in [2.45, 2.75) is 98.8 Å². The smallest absolute Gasteiger partial charge is 0.310 e. The minimum absolute atomic E-state index is 0.0108. The zero-order valence-corrected chi connectivity index (χ0v) is 14.4. The van der Waals surface area contributed by atoms with Gasteiger partial charge < -0.3 is 5.11 Å². The SMILES string of the molecule is CCCCC(CCC)(CCCC)C(CC)(CC)C(=O)O. The maximum absolute atomic E-state index is 12.1. The van der Waals surface area contributed by atoms with E-state index in [-0.39, 0.29) is 5.41 Å². The molecule has 0 aliphatic rings. The molecule has 20 heavy (non-hydrogen) atoms. The lowest BCUT2D eigenvalue weighted by Gasteiger charge is -2.48. The number of carboxylic acid groups (broad SMARTS) is 1. The van der Waals surface area contributed by atoms with Crippen molar-refractivity contribution in [1.82, 2.24) is 0 Å². The molecule has 120 valence electrons. The molecule has 0 radical (unpaired) electrons. The van der Waals surface area contributed by atoms with Gasteiger partial charge in [0.25, 0.3) is 0 Å². The first-order valence-corrected chi connectivity index (χ1v) is 8.73. The fourth-order valence-electron chi connectivity index (χ4n) is 4.13. The highest BCUT2D eigenvalue weighted by Gasteiger charge is 2.52. The van der Waals surface area contributed by atoms with Crippen molar-refractivity contribution >= 4 is 5.97 Å². The van der Waals surface area contributed by atoms with Crippen LogP contribution in [0.5, 0.6) is 0 Å². The Hall–Kier alpha value is -0.530. The number of hydrogen-bond donors (Lipinski definition) is 1. The molecule has 0 aromatic heterocycles. The molecular weight excluding hydrogens is 248 g/mol. The van der Waals surface area contributed by atoms with Crippen LogP contribution in [-0.4, -0.2) is 11.1 Å². The summed E-state index contributed by atoms with van der Waals surface area (Å²) < 4.78 is 0. The summed E-state index contributed by atoms with van der Waals surface area (Å²) in [5.41, 5.74) is -0.545. The topological polar surface area (TPSA) is 37.3 Å². The molecule has 0 atom stereocenters. The molecule has 1 N–H and O–H groups in total. The van der Waals surface area contributed by atoms with Crippen LogP contribution in [0, 0.1) is 10.8 Å². The Balaban J connectivity index is 5.64. The molecule has 0 heterocycles. The lowest BCUT2D eigenvalue weighted by molar-refractivity contribution is -0.162. The highest BCUT2D eigenvalue weighted by molar-refractivity contribution is 5.75. The van der Waals surface area contributed by atoms with Crippen molar-refractivity contribution in [3.8, 4) is 0 Å². The van der Waals surface area contributed by atoms with Crippen molar-refractivity contribution in [3.05, 3.63) is 0 Å². The highest BCUT2D eigenvalue weighted by Crippen LogP contribution is 2.54. The Labute approximate surface area is 126 Å². The monoisotopic (exact) mass is 284 g/mol. The molecule has 0 fully saturated rings. The minimum atomic E-state index is -0.567. The van der Waals surface area contributed by atoms with Crippen LogP contribution < -0.4 is 0 Å². The molecule has 2 nitrogen and oxygen atoms in total. The summed E-state index contributed by atoms with van der Waals surface area (Å²) >= 11 is 0. The van der Waals surface area contributed by atoms with Crippen molar-refractivity contribution in [1.29, 1.82) is 0 Å². The van der Waals surface area contributed by atoms with Gasteiger partial charge in [0.2, 0.25) is 0 Å². The predicted molar refractivity (Wildman–Crippen MR) is 87.0 cm³/mol. The summed E-state index contributed by atoms with van der Waals surface area (Å²) in [4.78, 5) is 12.1. The van der Waals surface area contributed by atoms with Crippen LogP contribution in [-0.2, 0) is 4.79 Å². The molecule has 0 aromatic rings. The largest absolute Gasteiger partial charge is 0.481 e. The molecule has 0 spiro atoms. The predicted octanol–water partition coefficient (Wildman–Crippen LogP) is 6.04. The number of hydrogen-bond acceptors (Lipinski definition) is 1. The first kappa shape index (κ1) is 19.5. The van der Waals surface area contributed by atoms with Gasteiger partial charge >= 0.3 is 5.97 Å². The summed E-state index contributed by atoms with van der Waals surface area (Å²) in [5, 5.41) is 9.98. The summed E-state index contributed by atoms with van der Waals surface area (Å²) in [5.74, 6) is -0.567. The van der Waals surface area contributed by atoms with Gasteiger partial charge in [-0.15, -0.1) is 0 Å². The van der Waals surface area contributed by atoms with Crippen LogP contribution in [0.25, 0.3) is 0 Å². The van der Waals surface area contributed by atoms with Gasteiger partial charge in [0.15, 0.2) is 0 Å². The van der Waals surface area contributed by atoms with Crippen LogP contribution in [0.3, 0.4) is 0 Å². The second-order valence-corrected chi connectivity index (χ2v) is 6.33. The molecule has 0 rings (SSSR count). The van der Waals surface area contributed by atoms with Crippen molar-refractivity contribution in [3.63, 3.8) is 0 Å². The van der Waals surface area contributed by atoms with Crippen LogP contribution in [0.4, 0.5) is 0 Å². The van der Waals surface area contributed by atoms with E-state index >= 15 is 0 Å². The van der Waals surface area contributed by atoms with Gasteiger partial charge in [-0.3, -0.25) is 4.79 Å². The van der Waals surface area contributed by atoms with E-state index in [9.17, 15) is 9.90 Å². The van der Waals surface area contributed by atoms with Crippen molar-refractivity contribution in [2.24, 2.45) is 10.8 Å². The molecule has 0 aromatic carbocycles. The van der Waals surface area contributed by atoms with Gasteiger partial charge in [0, 0.05) is 0 Å². The van der Waals surface area contributed by atoms with Gasteiger partial charge in [0.05, 0.1) is 5.41 Å². The second kappa shape index (κ2) is 9.41. The van der Waals surface area contributed by atoms with E-state index in [1.807, 2.05) is 0 Å². The van der Waals surface area contributed by atoms with Gasteiger partial charge in [-0.25, -0.2) is 0 Å². The van der Waals surface area contributed by atoms with E-state index in [2.05, 4.69) is 34.6 Å². The standard InChI is InChI=1S/C18H36O2/c1-6-11-14-17(13-8-3,15-12-7-2)18(9-4,10-5)16(19)20/h6-15H2,1-5H3,(H,19,20).